The van der Waals surface area contributed by atoms with Crippen LogP contribution in [-0.2, 0) is 20.8 Å². The molecule has 1 unspecified atom stereocenters. The SMILES string of the molecule is COc1ccc(N)cc1S(=O)(=O)NCCCS(C)=O. The van der Waals surface area contributed by atoms with E-state index in [-0.39, 0.29) is 17.2 Å². The van der Waals surface area contributed by atoms with E-state index in [1.165, 1.54) is 19.2 Å². The number of rotatable bonds is 7. The van der Waals surface area contributed by atoms with Gasteiger partial charge in [-0.1, -0.05) is 0 Å². The summed E-state index contributed by atoms with van der Waals surface area (Å²) in [6.07, 6.45) is 2.09. The van der Waals surface area contributed by atoms with Crippen LogP contribution in [0.2, 0.25) is 0 Å². The molecular formula is C11H18N2O4S2. The van der Waals surface area contributed by atoms with E-state index in [4.69, 9.17) is 10.5 Å². The molecule has 8 heteroatoms. The van der Waals surface area contributed by atoms with Gasteiger partial charge in [0.1, 0.15) is 10.6 Å². The van der Waals surface area contributed by atoms with Gasteiger partial charge in [-0.3, -0.25) is 4.21 Å². The van der Waals surface area contributed by atoms with Crippen molar-refractivity contribution in [3.05, 3.63) is 18.2 Å². The van der Waals surface area contributed by atoms with Crippen molar-refractivity contribution in [2.45, 2.75) is 11.3 Å². The van der Waals surface area contributed by atoms with Gasteiger partial charge in [-0.05, 0) is 24.6 Å². The van der Waals surface area contributed by atoms with Gasteiger partial charge in [-0.15, -0.1) is 0 Å². The Bertz CT molecular complexity index is 558. The molecule has 19 heavy (non-hydrogen) atoms. The lowest BCUT2D eigenvalue weighted by Crippen LogP contribution is -2.26. The van der Waals surface area contributed by atoms with Crippen LogP contribution in [0.5, 0.6) is 5.75 Å². The van der Waals surface area contributed by atoms with Crippen molar-refractivity contribution in [2.75, 3.05) is 31.4 Å². The Hall–Kier alpha value is -1.12. The summed E-state index contributed by atoms with van der Waals surface area (Å²) in [6.45, 7) is 0.222. The summed E-state index contributed by atoms with van der Waals surface area (Å²) in [5.74, 6) is 0.692. The molecule has 6 nitrogen and oxygen atoms in total. The molecule has 0 saturated heterocycles. The van der Waals surface area contributed by atoms with Gasteiger partial charge in [-0.2, -0.15) is 0 Å². The van der Waals surface area contributed by atoms with Crippen LogP contribution >= 0.6 is 0 Å². The van der Waals surface area contributed by atoms with Gasteiger partial charge in [0.25, 0.3) is 0 Å². The van der Waals surface area contributed by atoms with Gasteiger partial charge in [-0.25, -0.2) is 13.1 Å². The summed E-state index contributed by atoms with van der Waals surface area (Å²) in [6, 6.07) is 4.42. The fourth-order valence-electron chi connectivity index (χ4n) is 1.46. The Labute approximate surface area is 115 Å². The first-order valence-corrected chi connectivity index (χ1v) is 8.81. The third-order valence-corrected chi connectivity index (χ3v) is 4.72. The molecule has 1 aromatic carbocycles. The Morgan fingerprint density at radius 3 is 2.68 bits per heavy atom. The smallest absolute Gasteiger partial charge is 0.244 e. The number of nitrogen functional groups attached to an aromatic ring is 1. The second-order valence-electron chi connectivity index (χ2n) is 3.94. The van der Waals surface area contributed by atoms with Crippen LogP contribution in [0.3, 0.4) is 0 Å². The lowest BCUT2D eigenvalue weighted by molar-refractivity contribution is 0.402. The molecule has 0 aliphatic rings. The zero-order valence-corrected chi connectivity index (χ0v) is 12.5. The third-order valence-electron chi connectivity index (χ3n) is 2.38. The highest BCUT2D eigenvalue weighted by Gasteiger charge is 2.19. The topological polar surface area (TPSA) is 98.5 Å². The molecule has 0 saturated carbocycles. The van der Waals surface area contributed by atoms with Crippen LogP contribution in [0, 0.1) is 0 Å². The summed E-state index contributed by atoms with van der Waals surface area (Å²) in [7, 11) is -3.21. The van der Waals surface area contributed by atoms with Crippen molar-refractivity contribution in [3.8, 4) is 5.75 Å². The van der Waals surface area contributed by atoms with Gasteiger partial charge in [0.15, 0.2) is 0 Å². The molecule has 0 radical (unpaired) electrons. The molecule has 0 aliphatic heterocycles. The first-order valence-electron chi connectivity index (χ1n) is 5.60. The van der Waals surface area contributed by atoms with Gasteiger partial charge >= 0.3 is 0 Å². The maximum atomic E-state index is 12.1. The summed E-state index contributed by atoms with van der Waals surface area (Å²) in [5.41, 5.74) is 5.93. The van der Waals surface area contributed by atoms with Crippen LogP contribution in [0.15, 0.2) is 23.1 Å². The molecule has 0 fully saturated rings. The van der Waals surface area contributed by atoms with E-state index in [1.54, 1.807) is 12.3 Å². The maximum Gasteiger partial charge on any atom is 0.244 e. The second-order valence-corrected chi connectivity index (χ2v) is 7.23. The minimum atomic E-state index is -3.68. The average Bonchev–Trinajstić information content (AvgIpc) is 2.34. The Kier molecular flexibility index (Phi) is 5.77. The zero-order valence-electron chi connectivity index (χ0n) is 10.9. The van der Waals surface area contributed by atoms with Crippen molar-refractivity contribution in [2.24, 2.45) is 0 Å². The number of benzene rings is 1. The van der Waals surface area contributed by atoms with E-state index < -0.39 is 20.8 Å². The number of anilines is 1. The summed E-state index contributed by atoms with van der Waals surface area (Å²) in [5, 5.41) is 0. The molecule has 3 N–H and O–H groups in total. The number of methoxy groups -OCH3 is 1. The van der Waals surface area contributed by atoms with Gasteiger partial charge in [0.2, 0.25) is 10.0 Å². The predicted octanol–water partition coefficient (Wildman–Crippen LogP) is 0.324. The van der Waals surface area contributed by atoms with Crippen molar-refractivity contribution < 1.29 is 17.4 Å². The monoisotopic (exact) mass is 306 g/mol. The summed E-state index contributed by atoms with van der Waals surface area (Å²) >= 11 is 0. The van der Waals surface area contributed by atoms with Crippen LogP contribution in [0.1, 0.15) is 6.42 Å². The molecular weight excluding hydrogens is 288 g/mol. The highest BCUT2D eigenvalue weighted by molar-refractivity contribution is 7.89. The van der Waals surface area contributed by atoms with E-state index in [9.17, 15) is 12.6 Å². The lowest BCUT2D eigenvalue weighted by atomic mass is 10.3. The predicted molar refractivity (Wildman–Crippen MR) is 76.1 cm³/mol. The molecule has 0 spiro atoms. The van der Waals surface area contributed by atoms with Gasteiger partial charge in [0.05, 0.1) is 7.11 Å². The van der Waals surface area contributed by atoms with E-state index in [0.29, 0.717) is 17.9 Å². The Morgan fingerprint density at radius 2 is 2.11 bits per heavy atom. The molecule has 1 rings (SSSR count). The van der Waals surface area contributed by atoms with Gasteiger partial charge in [0, 0.05) is 35.0 Å². The quantitative estimate of drug-likeness (QED) is 0.558. The molecule has 0 amide bonds. The van der Waals surface area contributed by atoms with Crippen LogP contribution in [-0.4, -0.2) is 38.3 Å². The second kappa shape index (κ2) is 6.88. The summed E-state index contributed by atoms with van der Waals surface area (Å²) < 4.78 is 42.5. The van der Waals surface area contributed by atoms with Crippen molar-refractivity contribution in [3.63, 3.8) is 0 Å². The standard InChI is InChI=1S/C11H18N2O4S2/c1-17-10-5-4-9(12)8-11(10)19(15,16)13-6-3-7-18(2)14/h4-5,8,13H,3,6-7,12H2,1-2H3. The number of ether oxygens (including phenoxy) is 1. The highest BCUT2D eigenvalue weighted by atomic mass is 32.2. The van der Waals surface area contributed by atoms with Crippen LogP contribution in [0.4, 0.5) is 5.69 Å². The molecule has 0 heterocycles. The molecule has 0 bridgehead atoms. The number of nitrogens with one attached hydrogen (secondary N) is 1. The zero-order chi connectivity index (χ0) is 14.5. The maximum absolute atomic E-state index is 12.1. The lowest BCUT2D eigenvalue weighted by Gasteiger charge is -2.11. The minimum Gasteiger partial charge on any atom is -0.495 e. The van der Waals surface area contributed by atoms with Gasteiger partial charge < -0.3 is 10.5 Å². The summed E-state index contributed by atoms with van der Waals surface area (Å²) in [4.78, 5) is 0.00706. The van der Waals surface area contributed by atoms with E-state index in [0.717, 1.165) is 0 Å². The fraction of sp³-hybridized carbons (Fsp3) is 0.455. The fourth-order valence-corrected chi connectivity index (χ4v) is 3.29. The van der Waals surface area contributed by atoms with Crippen LogP contribution in [0.25, 0.3) is 0 Å². The first kappa shape index (κ1) is 15.9. The number of hydrogen-bond acceptors (Lipinski definition) is 5. The average molecular weight is 306 g/mol. The molecule has 1 aromatic rings. The minimum absolute atomic E-state index is 0.00706. The molecule has 108 valence electrons. The Balaban J connectivity index is 2.82. The van der Waals surface area contributed by atoms with Crippen LogP contribution < -0.4 is 15.2 Å². The Morgan fingerprint density at radius 1 is 1.42 bits per heavy atom. The number of nitrogens with two attached hydrogens (primary N) is 1. The highest BCUT2D eigenvalue weighted by Crippen LogP contribution is 2.25. The van der Waals surface area contributed by atoms with E-state index in [1.807, 2.05) is 0 Å². The largest absolute Gasteiger partial charge is 0.495 e. The molecule has 1 atom stereocenters. The third kappa shape index (κ3) is 4.81. The van der Waals surface area contributed by atoms with Crippen molar-refractivity contribution in [1.82, 2.24) is 4.72 Å². The van der Waals surface area contributed by atoms with E-state index >= 15 is 0 Å². The number of sulfonamides is 1. The number of hydrogen-bond donors (Lipinski definition) is 2. The first-order chi connectivity index (χ1) is 8.86. The van der Waals surface area contributed by atoms with E-state index in [2.05, 4.69) is 4.72 Å². The van der Waals surface area contributed by atoms with Crippen molar-refractivity contribution >= 4 is 26.5 Å². The molecule has 0 aliphatic carbocycles. The normalized spacial score (nSPS) is 13.2. The molecule has 0 aromatic heterocycles. The van der Waals surface area contributed by atoms with Crippen molar-refractivity contribution in [1.29, 1.82) is 0 Å².